The molecule has 1 aliphatic rings. The predicted molar refractivity (Wildman–Crippen MR) is 89.6 cm³/mol. The normalized spacial score (nSPS) is 16.3. The molecule has 1 saturated heterocycles. The molecule has 0 saturated carbocycles. The van der Waals surface area contributed by atoms with Crippen molar-refractivity contribution in [2.75, 3.05) is 13.1 Å². The minimum atomic E-state index is -0.292. The largest absolute Gasteiger partial charge is 0.450 e. The molecule has 2 aromatic carbocycles. The van der Waals surface area contributed by atoms with Gasteiger partial charge in [-0.1, -0.05) is 36.4 Å². The summed E-state index contributed by atoms with van der Waals surface area (Å²) in [5.41, 5.74) is 1.67. The van der Waals surface area contributed by atoms with Crippen LogP contribution in [0.15, 0.2) is 40.8 Å². The first-order valence-electron chi connectivity index (χ1n) is 8.03. The molecule has 4 nitrogen and oxygen atoms in total. The van der Waals surface area contributed by atoms with Crippen LogP contribution in [0.5, 0.6) is 0 Å². The second-order valence-corrected chi connectivity index (χ2v) is 6.24. The number of benzene rings is 2. The van der Waals surface area contributed by atoms with Gasteiger partial charge < -0.3 is 14.4 Å². The van der Waals surface area contributed by atoms with Gasteiger partial charge in [0, 0.05) is 29.4 Å². The Morgan fingerprint density at radius 1 is 1.13 bits per heavy atom. The number of carbonyl (C=O) groups is 1. The number of carbonyl (C=O) groups excluding carboxylic acids is 1. The van der Waals surface area contributed by atoms with E-state index in [-0.39, 0.29) is 12.0 Å². The molecule has 0 radical (unpaired) electrons. The molecule has 3 aromatic rings. The van der Waals surface area contributed by atoms with Gasteiger partial charge in [-0.05, 0) is 25.2 Å². The standard InChI is InChI=1S/C19H19NO3/c1-12-15-7-6-13-4-2-3-5-16(13)18(15)23-17(12)19(22)20-10-8-14(21)9-11-20/h2-7,14,21H,8-11H2,1H3. The summed E-state index contributed by atoms with van der Waals surface area (Å²) in [5, 5.41) is 12.7. The molecular formula is C19H19NO3. The number of piperidine rings is 1. The van der Waals surface area contributed by atoms with Gasteiger partial charge in [0.1, 0.15) is 5.58 Å². The van der Waals surface area contributed by atoms with Crippen molar-refractivity contribution in [1.82, 2.24) is 4.90 Å². The van der Waals surface area contributed by atoms with Gasteiger partial charge in [0.25, 0.3) is 5.91 Å². The fraction of sp³-hybridized carbons (Fsp3) is 0.316. The van der Waals surface area contributed by atoms with E-state index in [1.54, 1.807) is 4.90 Å². The summed E-state index contributed by atoms with van der Waals surface area (Å²) in [6, 6.07) is 12.1. The topological polar surface area (TPSA) is 53.7 Å². The molecule has 4 rings (SSSR count). The van der Waals surface area contributed by atoms with Gasteiger partial charge in [-0.15, -0.1) is 0 Å². The Morgan fingerprint density at radius 3 is 2.65 bits per heavy atom. The van der Waals surface area contributed by atoms with Crippen LogP contribution in [0, 0.1) is 6.92 Å². The molecule has 1 fully saturated rings. The molecule has 0 atom stereocenters. The van der Waals surface area contributed by atoms with Gasteiger partial charge in [-0.25, -0.2) is 0 Å². The van der Waals surface area contributed by atoms with Gasteiger partial charge in [0.2, 0.25) is 0 Å². The van der Waals surface area contributed by atoms with Crippen LogP contribution in [-0.4, -0.2) is 35.1 Å². The second kappa shape index (κ2) is 5.39. The van der Waals surface area contributed by atoms with Crippen LogP contribution < -0.4 is 0 Å². The van der Waals surface area contributed by atoms with Crippen LogP contribution in [0.25, 0.3) is 21.7 Å². The summed E-state index contributed by atoms with van der Waals surface area (Å²) in [6.45, 7) is 3.10. The number of amides is 1. The highest BCUT2D eigenvalue weighted by atomic mass is 16.3. The van der Waals surface area contributed by atoms with Crippen LogP contribution in [0.3, 0.4) is 0 Å². The molecule has 1 aliphatic heterocycles. The van der Waals surface area contributed by atoms with Crippen molar-refractivity contribution in [1.29, 1.82) is 0 Å². The summed E-state index contributed by atoms with van der Waals surface area (Å²) >= 11 is 0. The number of furan rings is 1. The number of hydrogen-bond acceptors (Lipinski definition) is 3. The zero-order valence-corrected chi connectivity index (χ0v) is 13.1. The molecule has 1 amide bonds. The number of hydrogen-bond donors (Lipinski definition) is 1. The second-order valence-electron chi connectivity index (χ2n) is 6.24. The van der Waals surface area contributed by atoms with Crippen molar-refractivity contribution in [3.05, 3.63) is 47.7 Å². The van der Waals surface area contributed by atoms with E-state index in [2.05, 4.69) is 6.07 Å². The van der Waals surface area contributed by atoms with E-state index in [4.69, 9.17) is 4.42 Å². The minimum Gasteiger partial charge on any atom is -0.450 e. The summed E-state index contributed by atoms with van der Waals surface area (Å²) in [6.07, 6.45) is 0.974. The van der Waals surface area contributed by atoms with Crippen molar-refractivity contribution in [3.8, 4) is 0 Å². The van der Waals surface area contributed by atoms with Crippen LogP contribution in [-0.2, 0) is 0 Å². The lowest BCUT2D eigenvalue weighted by Crippen LogP contribution is -2.40. The Hall–Kier alpha value is -2.33. The average molecular weight is 309 g/mol. The molecule has 1 aromatic heterocycles. The van der Waals surface area contributed by atoms with Gasteiger partial charge in [-0.2, -0.15) is 0 Å². The first-order chi connectivity index (χ1) is 11.1. The van der Waals surface area contributed by atoms with Crippen molar-refractivity contribution in [3.63, 3.8) is 0 Å². The molecule has 1 N–H and O–H groups in total. The molecule has 0 unspecified atom stereocenters. The minimum absolute atomic E-state index is 0.0744. The molecule has 2 heterocycles. The van der Waals surface area contributed by atoms with E-state index in [1.165, 1.54) is 0 Å². The molecular weight excluding hydrogens is 290 g/mol. The molecule has 118 valence electrons. The van der Waals surface area contributed by atoms with Crippen molar-refractivity contribution in [2.24, 2.45) is 0 Å². The van der Waals surface area contributed by atoms with E-state index in [0.29, 0.717) is 31.7 Å². The van der Waals surface area contributed by atoms with E-state index in [0.717, 1.165) is 27.3 Å². The summed E-state index contributed by atoms with van der Waals surface area (Å²) < 4.78 is 6.00. The lowest BCUT2D eigenvalue weighted by Gasteiger charge is -2.29. The zero-order valence-electron chi connectivity index (χ0n) is 13.1. The summed E-state index contributed by atoms with van der Waals surface area (Å²) in [5.74, 6) is 0.349. The maximum Gasteiger partial charge on any atom is 0.289 e. The molecule has 4 heteroatoms. The van der Waals surface area contributed by atoms with Gasteiger partial charge in [0.15, 0.2) is 5.76 Å². The first-order valence-corrected chi connectivity index (χ1v) is 8.03. The van der Waals surface area contributed by atoms with Crippen LogP contribution in [0.2, 0.25) is 0 Å². The summed E-state index contributed by atoms with van der Waals surface area (Å²) in [4.78, 5) is 14.6. The van der Waals surface area contributed by atoms with Crippen LogP contribution >= 0.6 is 0 Å². The number of likely N-dealkylation sites (tertiary alicyclic amines) is 1. The highest BCUT2D eigenvalue weighted by Gasteiger charge is 2.27. The monoisotopic (exact) mass is 309 g/mol. The zero-order chi connectivity index (χ0) is 16.0. The third-order valence-corrected chi connectivity index (χ3v) is 4.77. The fourth-order valence-electron chi connectivity index (χ4n) is 3.37. The Labute approximate surface area is 134 Å². The number of rotatable bonds is 1. The number of aryl methyl sites for hydroxylation is 1. The number of fused-ring (bicyclic) bond motifs is 3. The lowest BCUT2D eigenvalue weighted by atomic mass is 10.0. The van der Waals surface area contributed by atoms with Gasteiger partial charge in [0.05, 0.1) is 6.10 Å². The molecule has 23 heavy (non-hydrogen) atoms. The molecule has 0 spiro atoms. The molecule has 0 aliphatic carbocycles. The first kappa shape index (κ1) is 14.3. The Kier molecular flexibility index (Phi) is 3.34. The maximum atomic E-state index is 12.8. The number of aliphatic hydroxyl groups is 1. The number of aliphatic hydroxyl groups excluding tert-OH is 1. The van der Waals surface area contributed by atoms with Crippen molar-refractivity contribution < 1.29 is 14.3 Å². The van der Waals surface area contributed by atoms with E-state index < -0.39 is 0 Å². The van der Waals surface area contributed by atoms with Crippen LogP contribution in [0.1, 0.15) is 29.0 Å². The third kappa shape index (κ3) is 2.30. The fourth-order valence-corrected chi connectivity index (χ4v) is 3.37. The number of nitrogens with zero attached hydrogens (tertiary/aromatic N) is 1. The quantitative estimate of drug-likeness (QED) is 0.748. The van der Waals surface area contributed by atoms with Crippen molar-refractivity contribution >= 4 is 27.6 Å². The average Bonchev–Trinajstić information content (AvgIpc) is 2.92. The molecule has 0 bridgehead atoms. The highest BCUT2D eigenvalue weighted by molar-refractivity contribution is 6.08. The maximum absolute atomic E-state index is 12.8. The lowest BCUT2D eigenvalue weighted by molar-refractivity contribution is 0.0521. The summed E-state index contributed by atoms with van der Waals surface area (Å²) in [7, 11) is 0. The van der Waals surface area contributed by atoms with E-state index >= 15 is 0 Å². The van der Waals surface area contributed by atoms with Crippen molar-refractivity contribution in [2.45, 2.75) is 25.9 Å². The van der Waals surface area contributed by atoms with Crippen LogP contribution in [0.4, 0.5) is 0 Å². The smallest absolute Gasteiger partial charge is 0.289 e. The third-order valence-electron chi connectivity index (χ3n) is 4.77. The Balaban J connectivity index is 1.80. The predicted octanol–water partition coefficient (Wildman–Crippen LogP) is 3.49. The van der Waals surface area contributed by atoms with E-state index in [1.807, 2.05) is 37.3 Å². The van der Waals surface area contributed by atoms with Gasteiger partial charge >= 0.3 is 0 Å². The SMILES string of the molecule is Cc1c(C(=O)N2CCC(O)CC2)oc2c1ccc1ccccc12. The van der Waals surface area contributed by atoms with E-state index in [9.17, 15) is 9.90 Å². The van der Waals surface area contributed by atoms with Gasteiger partial charge in [-0.3, -0.25) is 4.79 Å². The Morgan fingerprint density at radius 2 is 1.87 bits per heavy atom. The Bertz CT molecular complexity index is 888. The highest BCUT2D eigenvalue weighted by Crippen LogP contribution is 2.32.